The van der Waals surface area contributed by atoms with Crippen LogP contribution >= 0.6 is 0 Å². The molecule has 0 aromatic heterocycles. The topological polar surface area (TPSA) is 279 Å². The van der Waals surface area contributed by atoms with Crippen LogP contribution in [-0.2, 0) is 28.5 Å². The Morgan fingerprint density at radius 3 is 1.78 bits per heavy atom. The number of carbonyl (C=O) groups excluding carboxylic acids is 1. The number of hydrogen-bond acceptors (Lipinski definition) is 15. The number of esters is 1. The van der Waals surface area contributed by atoms with Crippen LogP contribution in [-0.4, -0.2) is 150 Å². The Balaban J connectivity index is 1.83. The van der Waals surface area contributed by atoms with Gasteiger partial charge in [0, 0.05) is 37.1 Å². The number of hydrogen-bond donors (Lipinski definition) is 10. The minimum absolute atomic E-state index is 0.0405. The van der Waals surface area contributed by atoms with Crippen LogP contribution in [0.5, 0.6) is 0 Å². The molecule has 3 aliphatic rings. The number of cyclic esters (lactones) is 1. The van der Waals surface area contributed by atoms with E-state index in [1.165, 1.54) is 0 Å². The summed E-state index contributed by atoms with van der Waals surface area (Å²) in [5, 5.41) is 96.5. The third-order valence-electron chi connectivity index (χ3n) is 12.4. The maximum absolute atomic E-state index is 12.6. The Labute approximate surface area is 377 Å². The van der Waals surface area contributed by atoms with Gasteiger partial charge >= 0.3 is 11.9 Å². The first-order valence-corrected chi connectivity index (χ1v) is 22.6. The number of nitrogens with two attached hydrogens (primary N) is 1. The average Bonchev–Trinajstić information content (AvgIpc) is 3.22. The number of ether oxygens (including phenoxy) is 4. The molecule has 3 rings (SSSR count). The van der Waals surface area contributed by atoms with E-state index in [0.717, 1.165) is 0 Å². The highest BCUT2D eigenvalue weighted by Crippen LogP contribution is 2.34. The van der Waals surface area contributed by atoms with Crippen LogP contribution in [0, 0.1) is 23.7 Å². The predicted octanol–water partition coefficient (Wildman–Crippen LogP) is 2.67. The zero-order valence-corrected chi connectivity index (χ0v) is 37.8. The molecule has 16 heteroatoms. The molecule has 0 saturated carbocycles. The zero-order chi connectivity index (χ0) is 47.5. The molecule has 0 aromatic carbocycles. The Hall–Kier alpha value is -3.36. The highest BCUT2D eigenvalue weighted by molar-refractivity contribution is 5.71. The van der Waals surface area contributed by atoms with Crippen LogP contribution in [0.2, 0.25) is 0 Å². The summed E-state index contributed by atoms with van der Waals surface area (Å²) in [6, 6.07) is -0.658. The van der Waals surface area contributed by atoms with Gasteiger partial charge in [0.05, 0.1) is 73.6 Å². The van der Waals surface area contributed by atoms with E-state index in [4.69, 9.17) is 24.7 Å². The van der Waals surface area contributed by atoms with Gasteiger partial charge in [-0.05, 0) is 45.4 Å². The van der Waals surface area contributed by atoms with Gasteiger partial charge in [-0.1, -0.05) is 106 Å². The maximum Gasteiger partial charge on any atom is 0.311 e. The first-order chi connectivity index (χ1) is 30.3. The van der Waals surface area contributed by atoms with E-state index in [1.54, 1.807) is 44.2 Å². The van der Waals surface area contributed by atoms with Crippen molar-refractivity contribution >= 4 is 11.9 Å². The van der Waals surface area contributed by atoms with Crippen molar-refractivity contribution in [3.8, 4) is 0 Å². The third kappa shape index (κ3) is 18.5. The Morgan fingerprint density at radius 1 is 0.609 bits per heavy atom. The number of allylic oxidation sites excluding steroid dienone is 12. The second kappa shape index (κ2) is 28.0. The molecule has 0 aliphatic carbocycles. The van der Waals surface area contributed by atoms with Crippen molar-refractivity contribution in [2.75, 3.05) is 0 Å². The van der Waals surface area contributed by atoms with Gasteiger partial charge in [-0.3, -0.25) is 9.59 Å². The summed E-state index contributed by atoms with van der Waals surface area (Å²) in [5.41, 5.74) is 6.28. The van der Waals surface area contributed by atoms with Crippen molar-refractivity contribution in [2.45, 2.75) is 178 Å². The number of aliphatic hydroxyl groups excluding tert-OH is 8. The van der Waals surface area contributed by atoms with Crippen molar-refractivity contribution in [1.29, 1.82) is 0 Å². The smallest absolute Gasteiger partial charge is 0.311 e. The van der Waals surface area contributed by atoms with E-state index in [9.17, 15) is 55.5 Å². The van der Waals surface area contributed by atoms with Crippen molar-refractivity contribution in [3.63, 3.8) is 0 Å². The van der Waals surface area contributed by atoms with E-state index in [2.05, 4.69) is 0 Å². The van der Waals surface area contributed by atoms with Gasteiger partial charge in [0.15, 0.2) is 6.29 Å². The fourth-order valence-corrected chi connectivity index (χ4v) is 8.04. The van der Waals surface area contributed by atoms with Crippen LogP contribution < -0.4 is 5.73 Å². The number of fused-ring (bicyclic) bond motifs is 2. The highest BCUT2D eigenvalue weighted by atomic mass is 16.7. The summed E-state index contributed by atoms with van der Waals surface area (Å²) in [4.78, 5) is 25.1. The van der Waals surface area contributed by atoms with Crippen molar-refractivity contribution in [2.24, 2.45) is 29.4 Å². The first kappa shape index (κ1) is 55.0. The van der Waals surface area contributed by atoms with Crippen LogP contribution in [0.1, 0.15) is 86.0 Å². The number of carbonyl (C=O) groups is 2. The van der Waals surface area contributed by atoms with Gasteiger partial charge in [-0.25, -0.2) is 0 Å². The number of aliphatic carboxylic acids is 1. The van der Waals surface area contributed by atoms with Crippen LogP contribution in [0.15, 0.2) is 85.1 Å². The molecule has 0 amide bonds. The summed E-state index contributed by atoms with van der Waals surface area (Å²) in [5.74, 6) is -4.23. The first-order valence-electron chi connectivity index (χ1n) is 22.6. The fraction of sp³-hybridized carbons (Fsp3) is 0.667. The monoisotopic (exact) mass is 906 g/mol. The molecular weight excluding hydrogens is 831 g/mol. The summed E-state index contributed by atoms with van der Waals surface area (Å²) in [6.45, 7) is 8.93. The predicted molar refractivity (Wildman–Crippen MR) is 239 cm³/mol. The SMILES string of the molecule is CC1OC(O[C@H]2/C=C/C=C/C=C/C=C/C=C/C=C/C=C/[C@H](C)[C@@H](O)[C@@H](C)[C@H](C)OC(=O)C[C@H](O)C[C@H](O)CC[C@@H](O)[C@H](O)C[C@H](O)C[C@@H]3C[C@H](O)[C@@H](C(=O)O)C(C2)O3)C(O)C(N)C1C. The van der Waals surface area contributed by atoms with Crippen molar-refractivity contribution in [3.05, 3.63) is 85.1 Å². The summed E-state index contributed by atoms with van der Waals surface area (Å²) in [7, 11) is 0. The quantitative estimate of drug-likeness (QED) is 0.182. The molecule has 11 N–H and O–H groups in total. The zero-order valence-electron chi connectivity index (χ0n) is 37.8. The molecule has 362 valence electrons. The van der Waals surface area contributed by atoms with Gasteiger partial charge in [0.2, 0.25) is 0 Å². The van der Waals surface area contributed by atoms with Crippen molar-refractivity contribution in [1.82, 2.24) is 0 Å². The maximum atomic E-state index is 12.6. The molecule has 6 unspecified atom stereocenters. The van der Waals surface area contributed by atoms with Gasteiger partial charge in [-0.15, -0.1) is 0 Å². The molecule has 0 aromatic rings. The lowest BCUT2D eigenvalue weighted by molar-refractivity contribution is -0.269. The molecule has 19 atom stereocenters. The van der Waals surface area contributed by atoms with E-state index in [0.29, 0.717) is 0 Å². The molecule has 0 spiro atoms. The number of aliphatic hydroxyl groups is 8. The lowest BCUT2D eigenvalue weighted by Gasteiger charge is -2.43. The van der Waals surface area contributed by atoms with E-state index < -0.39 is 116 Å². The molecule has 3 heterocycles. The molecule has 2 bridgehead atoms. The van der Waals surface area contributed by atoms with E-state index in [-0.39, 0.29) is 62.9 Å². The van der Waals surface area contributed by atoms with Gasteiger partial charge in [0.25, 0.3) is 0 Å². The Morgan fingerprint density at radius 2 is 1.19 bits per heavy atom. The standard InChI is InChI=1S/C48H75NO15/c1-28-18-16-14-12-10-8-6-7-9-11-13-15-17-19-36(64-48-46(58)44(49)29(2)31(4)62-48)27-41-43(47(59)60)40(55)26-37(63-41)23-35(52)24-39(54)38(53)21-20-33(50)22-34(51)25-42(56)61-32(5)30(3)45(28)57/h6-19,28-41,43-46,48,50-55,57-58H,20-27,49H2,1-5H3,(H,59,60)/b7-6+,10-8+,11-9+,14-12+,15-13+,18-16+,19-17+/t28-,29?,30-,31?,32-,33+,34+,35+,36-,37+,38+,39+,40-,41?,43+,44?,45+,46?,48?/m0/s1. The van der Waals surface area contributed by atoms with Gasteiger partial charge in [0.1, 0.15) is 18.1 Å². The van der Waals surface area contributed by atoms with Gasteiger partial charge in [-0.2, -0.15) is 0 Å². The van der Waals surface area contributed by atoms with Crippen LogP contribution in [0.3, 0.4) is 0 Å². The Kier molecular flexibility index (Phi) is 24.0. The lowest BCUT2D eigenvalue weighted by atomic mass is 9.84. The van der Waals surface area contributed by atoms with Crippen LogP contribution in [0.25, 0.3) is 0 Å². The third-order valence-corrected chi connectivity index (χ3v) is 12.4. The van der Waals surface area contributed by atoms with E-state index in [1.807, 2.05) is 75.5 Å². The number of carboxylic acid groups (broad SMARTS) is 1. The summed E-state index contributed by atoms with van der Waals surface area (Å²) in [6.07, 6.45) is 8.84. The molecule has 3 aliphatic heterocycles. The summed E-state index contributed by atoms with van der Waals surface area (Å²) < 4.78 is 23.9. The molecule has 0 radical (unpaired) electrons. The van der Waals surface area contributed by atoms with E-state index >= 15 is 0 Å². The largest absolute Gasteiger partial charge is 0.481 e. The minimum atomic E-state index is -1.43. The molecular formula is C48H75NO15. The average molecular weight is 906 g/mol. The van der Waals surface area contributed by atoms with Gasteiger partial charge < -0.3 is 70.6 Å². The highest BCUT2D eigenvalue weighted by Gasteiger charge is 2.45. The van der Waals surface area contributed by atoms with Crippen LogP contribution in [0.4, 0.5) is 0 Å². The fourth-order valence-electron chi connectivity index (χ4n) is 8.04. The lowest BCUT2D eigenvalue weighted by Crippen LogP contribution is -2.58. The minimum Gasteiger partial charge on any atom is -0.481 e. The molecule has 16 nitrogen and oxygen atoms in total. The molecule has 64 heavy (non-hydrogen) atoms. The van der Waals surface area contributed by atoms with Crippen molar-refractivity contribution < 1.29 is 74.5 Å². The molecule has 2 saturated heterocycles. The summed E-state index contributed by atoms with van der Waals surface area (Å²) >= 11 is 0. The molecule has 2 fully saturated rings. The Bertz CT molecular complexity index is 1610. The number of carboxylic acids is 1. The second-order valence-electron chi connectivity index (χ2n) is 17.7. The normalized spacial score (nSPS) is 44.8. The second-order valence-corrected chi connectivity index (χ2v) is 17.7. The number of rotatable bonds is 3.